The molecule has 1 fully saturated rings. The van der Waals surface area contributed by atoms with Gasteiger partial charge >= 0.3 is 0 Å². The van der Waals surface area contributed by atoms with Gasteiger partial charge in [0, 0.05) is 6.54 Å². The van der Waals surface area contributed by atoms with Crippen LogP contribution in [0.2, 0.25) is 0 Å². The Morgan fingerprint density at radius 3 is 2.58 bits per heavy atom. The highest BCUT2D eigenvalue weighted by Crippen LogP contribution is 2.48. The molecule has 2 aromatic carbocycles. The van der Waals surface area contributed by atoms with Crippen LogP contribution in [-0.2, 0) is 23.3 Å². The summed E-state index contributed by atoms with van der Waals surface area (Å²) in [4.78, 5) is 16.7. The van der Waals surface area contributed by atoms with Gasteiger partial charge in [-0.05, 0) is 36.5 Å². The molecule has 0 unspecified atom stereocenters. The topological polar surface area (TPSA) is 59.8 Å². The van der Waals surface area contributed by atoms with Gasteiger partial charge in [0.1, 0.15) is 12.7 Å². The molecule has 1 amide bonds. The summed E-state index contributed by atoms with van der Waals surface area (Å²) in [6, 6.07) is 16.5. The summed E-state index contributed by atoms with van der Waals surface area (Å²) in [7, 11) is 0. The van der Waals surface area contributed by atoms with Crippen molar-refractivity contribution in [2.75, 3.05) is 0 Å². The lowest BCUT2D eigenvalue weighted by atomic mass is 9.93. The molecule has 0 saturated heterocycles. The van der Waals surface area contributed by atoms with Crippen LogP contribution in [0.5, 0.6) is 0 Å². The van der Waals surface area contributed by atoms with Gasteiger partial charge in [0.2, 0.25) is 5.91 Å². The van der Waals surface area contributed by atoms with Crippen LogP contribution in [0, 0.1) is 6.92 Å². The van der Waals surface area contributed by atoms with Crippen molar-refractivity contribution in [1.29, 1.82) is 0 Å². The van der Waals surface area contributed by atoms with Crippen molar-refractivity contribution in [1.82, 2.24) is 20.1 Å². The van der Waals surface area contributed by atoms with Crippen LogP contribution in [0.25, 0.3) is 0 Å². The molecule has 0 radical (unpaired) electrons. The van der Waals surface area contributed by atoms with Crippen LogP contribution < -0.4 is 5.32 Å². The number of rotatable bonds is 6. The molecular formula is C21H22N4O. The summed E-state index contributed by atoms with van der Waals surface area (Å²) in [6.07, 6.45) is 5.10. The van der Waals surface area contributed by atoms with E-state index in [0.717, 1.165) is 29.5 Å². The predicted octanol–water partition coefficient (Wildman–Crippen LogP) is 2.98. The first-order chi connectivity index (χ1) is 12.7. The zero-order chi connectivity index (χ0) is 18.0. The monoisotopic (exact) mass is 346 g/mol. The molecule has 1 aliphatic carbocycles. The second-order valence-corrected chi connectivity index (χ2v) is 7.04. The molecule has 0 bridgehead atoms. The van der Waals surface area contributed by atoms with Crippen molar-refractivity contribution in [2.24, 2.45) is 0 Å². The Kier molecular flexibility index (Phi) is 4.29. The first-order valence-electron chi connectivity index (χ1n) is 8.91. The molecule has 1 aliphatic rings. The van der Waals surface area contributed by atoms with Gasteiger partial charge in [-0.3, -0.25) is 4.79 Å². The second kappa shape index (κ2) is 6.75. The largest absolute Gasteiger partial charge is 0.351 e. The summed E-state index contributed by atoms with van der Waals surface area (Å²) >= 11 is 0. The van der Waals surface area contributed by atoms with Crippen molar-refractivity contribution in [3.63, 3.8) is 0 Å². The number of hydrogen-bond acceptors (Lipinski definition) is 3. The van der Waals surface area contributed by atoms with Gasteiger partial charge in [0.05, 0.1) is 12.0 Å². The van der Waals surface area contributed by atoms with Crippen LogP contribution >= 0.6 is 0 Å². The standard InChI is InChI=1S/C21H22N4O/c1-16-3-2-4-19(11-16)21(9-10-21)20(26)23-12-17-5-7-18(8-6-17)13-25-15-22-14-24-25/h2-8,11,14-15H,9-10,12-13H2,1H3,(H,23,26). The molecule has 132 valence electrons. The molecule has 1 heterocycles. The molecule has 4 rings (SSSR count). The van der Waals surface area contributed by atoms with E-state index in [-0.39, 0.29) is 11.3 Å². The Morgan fingerprint density at radius 1 is 1.15 bits per heavy atom. The Morgan fingerprint density at radius 2 is 1.92 bits per heavy atom. The summed E-state index contributed by atoms with van der Waals surface area (Å²) in [5.41, 5.74) is 4.27. The molecule has 0 aliphatic heterocycles. The molecular weight excluding hydrogens is 324 g/mol. The van der Waals surface area contributed by atoms with Gasteiger partial charge in [-0.1, -0.05) is 54.1 Å². The summed E-state index contributed by atoms with van der Waals surface area (Å²) < 4.78 is 1.79. The first-order valence-corrected chi connectivity index (χ1v) is 8.91. The van der Waals surface area contributed by atoms with Crippen LogP contribution in [0.1, 0.15) is 35.1 Å². The van der Waals surface area contributed by atoms with Crippen molar-refractivity contribution in [3.05, 3.63) is 83.4 Å². The normalized spacial score (nSPS) is 14.8. The summed E-state index contributed by atoms with van der Waals surface area (Å²) in [5, 5.41) is 7.23. The van der Waals surface area contributed by atoms with Crippen LogP contribution in [0.15, 0.2) is 61.2 Å². The molecule has 1 N–H and O–H groups in total. The summed E-state index contributed by atoms with van der Waals surface area (Å²) in [6.45, 7) is 3.32. The van der Waals surface area contributed by atoms with E-state index < -0.39 is 0 Å². The fourth-order valence-corrected chi connectivity index (χ4v) is 3.33. The highest BCUT2D eigenvalue weighted by Gasteiger charge is 2.51. The molecule has 0 atom stereocenters. The second-order valence-electron chi connectivity index (χ2n) is 7.04. The van der Waals surface area contributed by atoms with E-state index in [9.17, 15) is 4.79 Å². The molecule has 1 saturated carbocycles. The summed E-state index contributed by atoms with van der Waals surface area (Å²) in [5.74, 6) is 0.134. The quantitative estimate of drug-likeness (QED) is 0.746. The van der Waals surface area contributed by atoms with Crippen molar-refractivity contribution >= 4 is 5.91 Å². The number of nitrogens with zero attached hydrogens (tertiary/aromatic N) is 3. The van der Waals surface area contributed by atoms with Crippen molar-refractivity contribution < 1.29 is 4.79 Å². The van der Waals surface area contributed by atoms with Gasteiger partial charge < -0.3 is 5.32 Å². The van der Waals surface area contributed by atoms with E-state index in [0.29, 0.717) is 13.1 Å². The highest BCUT2D eigenvalue weighted by atomic mass is 16.2. The highest BCUT2D eigenvalue weighted by molar-refractivity contribution is 5.91. The Hall–Kier alpha value is -2.95. The maximum atomic E-state index is 12.8. The van der Waals surface area contributed by atoms with E-state index in [1.807, 2.05) is 6.07 Å². The third-order valence-corrected chi connectivity index (χ3v) is 5.04. The van der Waals surface area contributed by atoms with Gasteiger partial charge in [0.15, 0.2) is 0 Å². The van der Waals surface area contributed by atoms with Gasteiger partial charge in [-0.15, -0.1) is 0 Å². The lowest BCUT2D eigenvalue weighted by molar-refractivity contribution is -0.123. The van der Waals surface area contributed by atoms with Gasteiger partial charge in [-0.25, -0.2) is 9.67 Å². The van der Waals surface area contributed by atoms with E-state index in [4.69, 9.17) is 0 Å². The predicted molar refractivity (Wildman–Crippen MR) is 99.5 cm³/mol. The zero-order valence-electron chi connectivity index (χ0n) is 14.9. The number of nitrogens with one attached hydrogen (secondary N) is 1. The van der Waals surface area contributed by atoms with E-state index in [1.54, 1.807) is 11.0 Å². The van der Waals surface area contributed by atoms with Crippen molar-refractivity contribution in [3.8, 4) is 0 Å². The molecule has 26 heavy (non-hydrogen) atoms. The minimum Gasteiger partial charge on any atom is -0.351 e. The van der Waals surface area contributed by atoms with E-state index >= 15 is 0 Å². The van der Waals surface area contributed by atoms with Crippen LogP contribution in [0.4, 0.5) is 0 Å². The number of hydrogen-bond donors (Lipinski definition) is 1. The lowest BCUT2D eigenvalue weighted by Crippen LogP contribution is -2.34. The van der Waals surface area contributed by atoms with Crippen LogP contribution in [-0.4, -0.2) is 20.7 Å². The maximum Gasteiger partial charge on any atom is 0.230 e. The molecule has 3 aromatic rings. The smallest absolute Gasteiger partial charge is 0.230 e. The molecule has 1 aromatic heterocycles. The fraction of sp³-hybridized carbons (Fsp3) is 0.286. The van der Waals surface area contributed by atoms with Crippen molar-refractivity contribution in [2.45, 2.75) is 38.3 Å². The Bertz CT molecular complexity index is 896. The minimum absolute atomic E-state index is 0.134. The number of carbonyl (C=O) groups is 1. The Labute approximate surface area is 153 Å². The van der Waals surface area contributed by atoms with Gasteiger partial charge in [0.25, 0.3) is 0 Å². The fourth-order valence-electron chi connectivity index (χ4n) is 3.33. The third-order valence-electron chi connectivity index (χ3n) is 5.04. The number of amides is 1. The molecule has 5 heteroatoms. The number of aryl methyl sites for hydroxylation is 1. The minimum atomic E-state index is -0.320. The molecule has 0 spiro atoms. The van der Waals surface area contributed by atoms with Crippen LogP contribution in [0.3, 0.4) is 0 Å². The number of aromatic nitrogens is 3. The number of benzene rings is 2. The average Bonchev–Trinajstić information content (AvgIpc) is 3.32. The third kappa shape index (κ3) is 3.38. The zero-order valence-corrected chi connectivity index (χ0v) is 14.9. The van der Waals surface area contributed by atoms with E-state index in [1.165, 1.54) is 11.9 Å². The van der Waals surface area contributed by atoms with Gasteiger partial charge in [-0.2, -0.15) is 5.10 Å². The lowest BCUT2D eigenvalue weighted by Gasteiger charge is -2.16. The maximum absolute atomic E-state index is 12.8. The number of carbonyl (C=O) groups excluding carboxylic acids is 1. The molecule has 5 nitrogen and oxygen atoms in total. The van der Waals surface area contributed by atoms with E-state index in [2.05, 4.69) is 64.8 Å². The SMILES string of the molecule is Cc1cccc(C2(C(=O)NCc3ccc(Cn4cncn4)cc3)CC2)c1. The average molecular weight is 346 g/mol. The Balaban J connectivity index is 1.37. The first kappa shape index (κ1) is 16.5.